The number of benzene rings is 2. The maximum absolute atomic E-state index is 12.1. The van der Waals surface area contributed by atoms with Crippen LogP contribution in [0.5, 0.6) is 11.5 Å². The largest absolute Gasteiger partial charge is 0.508 e. The zero-order chi connectivity index (χ0) is 16.7. The molecule has 2 aromatic carbocycles. The molecular weight excluding hydrogens is 288 g/mol. The number of carbonyl (C=O) groups is 1. The first kappa shape index (κ1) is 17.1. The van der Waals surface area contributed by atoms with Crippen LogP contribution in [-0.2, 0) is 6.42 Å². The molecule has 0 fully saturated rings. The van der Waals surface area contributed by atoms with Crippen molar-refractivity contribution >= 4 is 5.78 Å². The molecule has 0 bridgehead atoms. The molecular formula is C20H24O3. The van der Waals surface area contributed by atoms with Crippen molar-refractivity contribution in [3.63, 3.8) is 0 Å². The van der Waals surface area contributed by atoms with E-state index in [1.807, 2.05) is 31.2 Å². The Labute approximate surface area is 137 Å². The van der Waals surface area contributed by atoms with E-state index in [2.05, 4.69) is 0 Å². The van der Waals surface area contributed by atoms with Crippen LogP contribution in [0.15, 0.2) is 42.5 Å². The molecule has 2 aromatic rings. The van der Waals surface area contributed by atoms with Gasteiger partial charge in [-0.3, -0.25) is 4.79 Å². The fourth-order valence-electron chi connectivity index (χ4n) is 2.78. The fourth-order valence-corrected chi connectivity index (χ4v) is 2.78. The topological polar surface area (TPSA) is 57.5 Å². The van der Waals surface area contributed by atoms with Crippen LogP contribution < -0.4 is 0 Å². The van der Waals surface area contributed by atoms with Gasteiger partial charge in [-0.1, -0.05) is 43.2 Å². The Bertz CT molecular complexity index is 641. The number of Topliss-reactive ketones (excluding diaryl/α,β-unsaturated/α-hetero) is 1. The lowest BCUT2D eigenvalue weighted by Crippen LogP contribution is -2.01. The third-order valence-corrected chi connectivity index (χ3v) is 4.15. The Morgan fingerprint density at radius 1 is 0.870 bits per heavy atom. The van der Waals surface area contributed by atoms with Crippen LogP contribution in [0.1, 0.15) is 53.6 Å². The van der Waals surface area contributed by atoms with Gasteiger partial charge in [-0.05, 0) is 43.9 Å². The maximum atomic E-state index is 12.1. The van der Waals surface area contributed by atoms with Crippen molar-refractivity contribution in [3.05, 3.63) is 59.2 Å². The summed E-state index contributed by atoms with van der Waals surface area (Å²) in [7, 11) is 0. The molecule has 0 aromatic heterocycles. The third-order valence-electron chi connectivity index (χ3n) is 4.15. The van der Waals surface area contributed by atoms with Crippen LogP contribution >= 0.6 is 0 Å². The Hall–Kier alpha value is -2.29. The first-order chi connectivity index (χ1) is 11.1. The summed E-state index contributed by atoms with van der Waals surface area (Å²) in [6, 6.07) is 12.5. The van der Waals surface area contributed by atoms with Gasteiger partial charge < -0.3 is 10.2 Å². The number of ketones is 1. The van der Waals surface area contributed by atoms with E-state index in [1.165, 1.54) is 0 Å². The van der Waals surface area contributed by atoms with Crippen molar-refractivity contribution in [2.45, 2.75) is 45.4 Å². The molecule has 2 N–H and O–H groups in total. The molecule has 122 valence electrons. The molecule has 0 heterocycles. The van der Waals surface area contributed by atoms with E-state index in [0.717, 1.165) is 36.8 Å². The van der Waals surface area contributed by atoms with Crippen molar-refractivity contribution in [1.29, 1.82) is 0 Å². The van der Waals surface area contributed by atoms with Crippen LogP contribution in [0.25, 0.3) is 0 Å². The molecule has 0 spiro atoms. The van der Waals surface area contributed by atoms with Gasteiger partial charge in [0.25, 0.3) is 0 Å². The molecule has 0 radical (unpaired) electrons. The molecule has 23 heavy (non-hydrogen) atoms. The number of unbranched alkanes of at least 4 members (excludes halogenated alkanes) is 3. The number of hydrogen-bond donors (Lipinski definition) is 2. The van der Waals surface area contributed by atoms with E-state index >= 15 is 0 Å². The van der Waals surface area contributed by atoms with Gasteiger partial charge in [-0.2, -0.15) is 0 Å². The number of carbonyl (C=O) groups excluding carboxylic acids is 1. The maximum Gasteiger partial charge on any atom is 0.163 e. The van der Waals surface area contributed by atoms with Crippen LogP contribution in [0.2, 0.25) is 0 Å². The van der Waals surface area contributed by atoms with Crippen molar-refractivity contribution in [3.8, 4) is 11.5 Å². The van der Waals surface area contributed by atoms with Gasteiger partial charge in [-0.15, -0.1) is 0 Å². The average Bonchev–Trinajstić information content (AvgIpc) is 2.53. The van der Waals surface area contributed by atoms with Gasteiger partial charge in [0.15, 0.2) is 5.78 Å². The zero-order valence-electron chi connectivity index (χ0n) is 13.6. The summed E-state index contributed by atoms with van der Waals surface area (Å²) in [5.74, 6) is 0.515. The Morgan fingerprint density at radius 2 is 1.52 bits per heavy atom. The third kappa shape index (κ3) is 4.85. The summed E-state index contributed by atoms with van der Waals surface area (Å²) in [5, 5.41) is 19.4. The van der Waals surface area contributed by atoms with Gasteiger partial charge >= 0.3 is 0 Å². The second-order valence-electron chi connectivity index (χ2n) is 5.93. The molecule has 0 saturated heterocycles. The van der Waals surface area contributed by atoms with E-state index in [9.17, 15) is 15.0 Å². The normalized spacial score (nSPS) is 10.7. The number of hydrogen-bond acceptors (Lipinski definition) is 3. The summed E-state index contributed by atoms with van der Waals surface area (Å²) >= 11 is 0. The predicted octanol–water partition coefficient (Wildman–Crippen LogP) is 4.78. The lowest BCUT2D eigenvalue weighted by atomic mass is 9.99. The Balaban J connectivity index is 1.68. The molecule has 0 saturated carbocycles. The number of phenolic OH excluding ortho intramolecular Hbond substituents is 2. The lowest BCUT2D eigenvalue weighted by molar-refractivity contribution is 0.0978. The first-order valence-corrected chi connectivity index (χ1v) is 8.18. The highest BCUT2D eigenvalue weighted by atomic mass is 16.3. The summed E-state index contributed by atoms with van der Waals surface area (Å²) in [6.45, 7) is 1.96. The van der Waals surface area contributed by atoms with E-state index in [1.54, 1.807) is 18.2 Å². The van der Waals surface area contributed by atoms with Crippen LogP contribution in [0.3, 0.4) is 0 Å². The van der Waals surface area contributed by atoms with Crippen molar-refractivity contribution in [2.75, 3.05) is 0 Å². The number of aromatic hydroxyl groups is 2. The quantitative estimate of drug-likeness (QED) is 0.544. The lowest BCUT2D eigenvalue weighted by Gasteiger charge is -2.07. The summed E-state index contributed by atoms with van der Waals surface area (Å²) in [4.78, 5) is 12.1. The minimum Gasteiger partial charge on any atom is -0.508 e. The summed E-state index contributed by atoms with van der Waals surface area (Å²) in [6.07, 6.45) is 4.96. The highest BCUT2D eigenvalue weighted by molar-refractivity contribution is 5.97. The number of rotatable bonds is 8. The second kappa shape index (κ2) is 8.37. The van der Waals surface area contributed by atoms with Gasteiger partial charge in [0.1, 0.15) is 11.5 Å². The monoisotopic (exact) mass is 312 g/mol. The van der Waals surface area contributed by atoms with E-state index < -0.39 is 0 Å². The minimum atomic E-state index is 0.153. The Kier molecular flexibility index (Phi) is 6.21. The smallest absolute Gasteiger partial charge is 0.163 e. The molecule has 0 amide bonds. The van der Waals surface area contributed by atoms with Crippen molar-refractivity contribution < 1.29 is 15.0 Å². The van der Waals surface area contributed by atoms with E-state index in [-0.39, 0.29) is 17.3 Å². The van der Waals surface area contributed by atoms with Gasteiger partial charge in [0.2, 0.25) is 0 Å². The molecule has 2 rings (SSSR count). The molecule has 0 aliphatic heterocycles. The molecule has 3 heteroatoms. The zero-order valence-corrected chi connectivity index (χ0v) is 13.6. The molecule has 0 atom stereocenters. The highest BCUT2D eigenvalue weighted by Crippen LogP contribution is 2.28. The van der Waals surface area contributed by atoms with E-state index in [0.29, 0.717) is 18.4 Å². The SMILES string of the molecule is Cc1ccccc1C(=O)CCCCCCc1c(O)cccc1O. The van der Waals surface area contributed by atoms with Crippen molar-refractivity contribution in [2.24, 2.45) is 0 Å². The highest BCUT2D eigenvalue weighted by Gasteiger charge is 2.08. The number of aryl methyl sites for hydroxylation is 1. The standard InChI is InChI=1S/C20H24O3/c1-15-9-6-7-10-16(15)18(21)12-5-3-2-4-11-17-19(22)13-8-14-20(17)23/h6-10,13-14,22-23H,2-5,11-12H2,1H3. The van der Waals surface area contributed by atoms with Crippen LogP contribution in [-0.4, -0.2) is 16.0 Å². The predicted molar refractivity (Wildman–Crippen MR) is 92.1 cm³/mol. The molecule has 0 aliphatic rings. The Morgan fingerprint density at radius 3 is 2.22 bits per heavy atom. The molecule has 0 aliphatic carbocycles. The summed E-state index contributed by atoms with van der Waals surface area (Å²) < 4.78 is 0. The molecule has 0 unspecified atom stereocenters. The van der Waals surface area contributed by atoms with Crippen LogP contribution in [0, 0.1) is 6.92 Å². The fraction of sp³-hybridized carbons (Fsp3) is 0.350. The molecule has 3 nitrogen and oxygen atoms in total. The van der Waals surface area contributed by atoms with Crippen LogP contribution in [0.4, 0.5) is 0 Å². The van der Waals surface area contributed by atoms with Gasteiger partial charge in [0.05, 0.1) is 0 Å². The van der Waals surface area contributed by atoms with Gasteiger partial charge in [-0.25, -0.2) is 0 Å². The van der Waals surface area contributed by atoms with Gasteiger partial charge in [0, 0.05) is 17.5 Å². The van der Waals surface area contributed by atoms with E-state index in [4.69, 9.17) is 0 Å². The number of phenols is 2. The van der Waals surface area contributed by atoms with Crippen molar-refractivity contribution in [1.82, 2.24) is 0 Å². The minimum absolute atomic E-state index is 0.153. The second-order valence-corrected chi connectivity index (χ2v) is 5.93. The summed E-state index contributed by atoms with van der Waals surface area (Å²) in [5.41, 5.74) is 2.47. The average molecular weight is 312 g/mol. The first-order valence-electron chi connectivity index (χ1n) is 8.18.